The highest BCUT2D eigenvalue weighted by atomic mass is 15.5. The van der Waals surface area contributed by atoms with Crippen molar-refractivity contribution in [3.05, 3.63) is 120 Å². The molecule has 0 unspecified atom stereocenters. The highest BCUT2D eigenvalue weighted by Crippen LogP contribution is 2.30. The number of benzene rings is 4. The molecule has 0 aliphatic heterocycles. The van der Waals surface area contributed by atoms with E-state index in [-0.39, 0.29) is 0 Å². The second-order valence-corrected chi connectivity index (χ2v) is 8.82. The Morgan fingerprint density at radius 3 is 2.25 bits per heavy atom. The summed E-state index contributed by atoms with van der Waals surface area (Å²) in [4.78, 5) is 0. The maximum atomic E-state index is 4.92. The zero-order chi connectivity index (χ0) is 24.5. The molecule has 0 amide bonds. The molecule has 0 fully saturated rings. The third-order valence-electron chi connectivity index (χ3n) is 6.53. The third kappa shape index (κ3) is 3.85. The van der Waals surface area contributed by atoms with Gasteiger partial charge >= 0.3 is 0 Å². The van der Waals surface area contributed by atoms with E-state index in [4.69, 9.17) is 10.2 Å². The molecule has 0 saturated carbocycles. The summed E-state index contributed by atoms with van der Waals surface area (Å²) in [7, 11) is 0. The molecule has 0 aliphatic carbocycles. The van der Waals surface area contributed by atoms with Crippen molar-refractivity contribution in [1.29, 1.82) is 0 Å². The van der Waals surface area contributed by atoms with Crippen LogP contribution in [0.15, 0.2) is 114 Å². The lowest BCUT2D eigenvalue weighted by Crippen LogP contribution is -2.10. The van der Waals surface area contributed by atoms with Crippen molar-refractivity contribution < 1.29 is 0 Å². The molecule has 2 aromatic heterocycles. The van der Waals surface area contributed by atoms with Crippen LogP contribution in [0.4, 0.5) is 11.5 Å². The summed E-state index contributed by atoms with van der Waals surface area (Å²) in [5.41, 5.74) is 6.57. The first-order chi connectivity index (χ1) is 17.7. The predicted molar refractivity (Wildman–Crippen MR) is 150 cm³/mol. The highest BCUT2D eigenvalue weighted by molar-refractivity contribution is 6.09. The van der Waals surface area contributed by atoms with Gasteiger partial charge in [-0.1, -0.05) is 60.7 Å². The van der Waals surface area contributed by atoms with Gasteiger partial charge in [0.15, 0.2) is 5.82 Å². The smallest absolute Gasteiger partial charge is 0.176 e. The molecule has 5 nitrogen and oxygen atoms in total. The second kappa shape index (κ2) is 9.19. The zero-order valence-corrected chi connectivity index (χ0v) is 20.4. The van der Waals surface area contributed by atoms with Crippen LogP contribution in [-0.2, 0) is 6.54 Å². The van der Waals surface area contributed by atoms with Crippen LogP contribution in [0.1, 0.15) is 18.2 Å². The number of para-hydroxylation sites is 3. The summed E-state index contributed by atoms with van der Waals surface area (Å²) in [6.07, 6.45) is 1.92. The monoisotopic (exact) mass is 469 g/mol. The van der Waals surface area contributed by atoms with Crippen molar-refractivity contribution in [2.45, 2.75) is 20.4 Å². The summed E-state index contributed by atoms with van der Waals surface area (Å²) in [5, 5.41) is 14.2. The van der Waals surface area contributed by atoms with Crippen LogP contribution in [0.25, 0.3) is 27.5 Å². The molecule has 0 radical (unpaired) electrons. The molecule has 5 heteroatoms. The Morgan fingerprint density at radius 1 is 0.778 bits per heavy atom. The van der Waals surface area contributed by atoms with Gasteiger partial charge in [-0.05, 0) is 61.9 Å². The van der Waals surface area contributed by atoms with E-state index in [1.54, 1.807) is 0 Å². The maximum absolute atomic E-state index is 4.92. The highest BCUT2D eigenvalue weighted by Gasteiger charge is 2.15. The van der Waals surface area contributed by atoms with E-state index in [1.165, 1.54) is 21.8 Å². The van der Waals surface area contributed by atoms with Crippen molar-refractivity contribution in [3.8, 4) is 5.69 Å². The number of rotatable bonds is 6. The standard InChI is InChI=1S/C31H27N5/c1-3-34-29-17-11-10-16-27(29)28-21-24(18-19-30(28)34)22-32-36(26-14-8-5-9-15-26)31-20-23(2)35(33-31)25-12-6-4-7-13-25/h4-22H,3H2,1-2H3/b32-22-. The first-order valence-electron chi connectivity index (χ1n) is 12.2. The van der Waals surface area contributed by atoms with Crippen molar-refractivity contribution in [2.24, 2.45) is 5.10 Å². The van der Waals surface area contributed by atoms with Crippen LogP contribution in [0, 0.1) is 6.92 Å². The van der Waals surface area contributed by atoms with Crippen LogP contribution < -0.4 is 5.01 Å². The molecule has 0 bridgehead atoms. The lowest BCUT2D eigenvalue weighted by Gasteiger charge is -2.16. The molecular formula is C31H27N5. The summed E-state index contributed by atoms with van der Waals surface area (Å²) < 4.78 is 4.31. The van der Waals surface area contributed by atoms with Crippen molar-refractivity contribution in [3.63, 3.8) is 0 Å². The average molecular weight is 470 g/mol. The Hall–Kier alpha value is -4.64. The summed E-state index contributed by atoms with van der Waals surface area (Å²) in [5.74, 6) is 0.766. The summed E-state index contributed by atoms with van der Waals surface area (Å²) in [6.45, 7) is 5.19. The Morgan fingerprint density at radius 2 is 1.47 bits per heavy atom. The van der Waals surface area contributed by atoms with E-state index < -0.39 is 0 Å². The number of hydrogen-bond acceptors (Lipinski definition) is 3. The van der Waals surface area contributed by atoms with Crippen LogP contribution in [0.2, 0.25) is 0 Å². The van der Waals surface area contributed by atoms with E-state index in [0.29, 0.717) is 0 Å². The minimum atomic E-state index is 0.766. The van der Waals surface area contributed by atoms with Crippen LogP contribution in [0.5, 0.6) is 0 Å². The Bertz CT molecular complexity index is 1680. The molecule has 6 aromatic rings. The fourth-order valence-corrected chi connectivity index (χ4v) is 4.84. The fourth-order valence-electron chi connectivity index (χ4n) is 4.84. The van der Waals surface area contributed by atoms with E-state index in [9.17, 15) is 0 Å². The molecule has 6 rings (SSSR count). The quantitative estimate of drug-likeness (QED) is 0.187. The average Bonchev–Trinajstić information content (AvgIpc) is 3.47. The molecule has 0 spiro atoms. The first kappa shape index (κ1) is 21.9. The van der Waals surface area contributed by atoms with Crippen molar-refractivity contribution in [2.75, 3.05) is 5.01 Å². The van der Waals surface area contributed by atoms with Gasteiger partial charge in [-0.2, -0.15) is 5.10 Å². The number of aromatic nitrogens is 3. The molecule has 0 atom stereocenters. The molecular weight excluding hydrogens is 442 g/mol. The summed E-state index contributed by atoms with van der Waals surface area (Å²) in [6, 6.07) is 37.5. The van der Waals surface area contributed by atoms with Crippen LogP contribution in [0.3, 0.4) is 0 Å². The van der Waals surface area contributed by atoms with Gasteiger partial charge in [-0.3, -0.25) is 0 Å². The normalized spacial score (nSPS) is 11.6. The van der Waals surface area contributed by atoms with Gasteiger partial charge in [0.05, 0.1) is 17.6 Å². The van der Waals surface area contributed by atoms with E-state index in [1.807, 2.05) is 64.4 Å². The van der Waals surface area contributed by atoms with E-state index in [0.717, 1.165) is 35.0 Å². The van der Waals surface area contributed by atoms with Crippen molar-refractivity contribution in [1.82, 2.24) is 14.3 Å². The Kier molecular flexibility index (Phi) is 5.58. The summed E-state index contributed by atoms with van der Waals surface area (Å²) >= 11 is 0. The lowest BCUT2D eigenvalue weighted by atomic mass is 10.1. The number of hydrogen-bond donors (Lipinski definition) is 0. The van der Waals surface area contributed by atoms with Crippen LogP contribution in [-0.4, -0.2) is 20.6 Å². The molecule has 0 aliphatic rings. The third-order valence-corrected chi connectivity index (χ3v) is 6.53. The Balaban J connectivity index is 1.42. The number of aryl methyl sites for hydroxylation is 2. The predicted octanol–water partition coefficient (Wildman–Crippen LogP) is 7.48. The molecule has 36 heavy (non-hydrogen) atoms. The minimum absolute atomic E-state index is 0.766. The number of fused-ring (bicyclic) bond motifs is 3. The van der Waals surface area contributed by atoms with Gasteiger partial charge in [-0.25, -0.2) is 9.69 Å². The topological polar surface area (TPSA) is 38.4 Å². The van der Waals surface area contributed by atoms with E-state index >= 15 is 0 Å². The second-order valence-electron chi connectivity index (χ2n) is 8.82. The van der Waals surface area contributed by atoms with Gasteiger partial charge in [0.25, 0.3) is 0 Å². The SMILES string of the molecule is CCn1c2ccccc2c2cc(/C=N\N(c3ccccc3)c3cc(C)n(-c4ccccc4)n3)ccc21. The number of anilines is 2. The van der Waals surface area contributed by atoms with E-state index in [2.05, 4.69) is 79.1 Å². The molecule has 0 saturated heterocycles. The number of hydrazone groups is 1. The van der Waals surface area contributed by atoms with Gasteiger partial charge in [-0.15, -0.1) is 5.10 Å². The molecule has 2 heterocycles. The maximum Gasteiger partial charge on any atom is 0.176 e. The first-order valence-corrected chi connectivity index (χ1v) is 12.2. The molecule has 4 aromatic carbocycles. The minimum Gasteiger partial charge on any atom is -0.341 e. The number of nitrogens with zero attached hydrogens (tertiary/aromatic N) is 5. The van der Waals surface area contributed by atoms with Gasteiger partial charge < -0.3 is 4.57 Å². The van der Waals surface area contributed by atoms with Gasteiger partial charge in [0.2, 0.25) is 0 Å². The largest absolute Gasteiger partial charge is 0.341 e. The van der Waals surface area contributed by atoms with Crippen molar-refractivity contribution >= 4 is 39.5 Å². The fraction of sp³-hybridized carbons (Fsp3) is 0.0968. The Labute approximate surface area is 210 Å². The van der Waals surface area contributed by atoms with Gasteiger partial charge in [0.1, 0.15) is 0 Å². The molecule has 0 N–H and O–H groups in total. The van der Waals surface area contributed by atoms with Gasteiger partial charge in [0, 0.05) is 40.1 Å². The molecule has 176 valence electrons. The zero-order valence-electron chi connectivity index (χ0n) is 20.4. The lowest BCUT2D eigenvalue weighted by molar-refractivity contribution is 0.827. The van der Waals surface area contributed by atoms with Crippen LogP contribution >= 0.6 is 0 Å².